The fraction of sp³-hybridized carbons (Fsp3) is 0.524. The van der Waals surface area contributed by atoms with Crippen LogP contribution in [0.1, 0.15) is 31.3 Å². The van der Waals surface area contributed by atoms with Gasteiger partial charge < -0.3 is 25.0 Å². The normalized spacial score (nSPS) is 23.3. The standard InChI is InChI=1S/C21H25F3N6O3/c1-10-17-15(30(3)18(11(2)32-4)19(31)29-17)7-16(27-10)28-12-5-13(6-12)33-14-8-25-20(26-9-14)21(22,23)24/h7-9,11-13,18H,5-6H2,1-4H3,(H,27,28)(H,29,31)/t11-,12-,13-,18+/m1/s1. The molecule has 0 spiro atoms. The van der Waals surface area contributed by atoms with Gasteiger partial charge in [0, 0.05) is 39.1 Å². The quantitative estimate of drug-likeness (QED) is 0.670. The second-order valence-electron chi connectivity index (χ2n) is 8.27. The molecule has 2 N–H and O–H groups in total. The Kier molecular flexibility index (Phi) is 6.04. The predicted octanol–water partition coefficient (Wildman–Crippen LogP) is 3.01. The number of pyridine rings is 1. The van der Waals surface area contributed by atoms with E-state index < -0.39 is 18.0 Å². The number of hydrogen-bond donors (Lipinski definition) is 2. The van der Waals surface area contributed by atoms with Crippen molar-refractivity contribution < 1.29 is 27.4 Å². The molecular weight excluding hydrogens is 441 g/mol. The first kappa shape index (κ1) is 23.0. The van der Waals surface area contributed by atoms with Crippen LogP contribution in [0.25, 0.3) is 0 Å². The smallest absolute Gasteiger partial charge is 0.451 e. The van der Waals surface area contributed by atoms with E-state index in [1.54, 1.807) is 7.11 Å². The first-order chi connectivity index (χ1) is 15.6. The van der Waals surface area contributed by atoms with Crippen molar-refractivity contribution in [3.05, 3.63) is 30.0 Å². The third kappa shape index (κ3) is 4.65. The van der Waals surface area contributed by atoms with Crippen LogP contribution in [0.2, 0.25) is 0 Å². The van der Waals surface area contributed by atoms with Crippen molar-refractivity contribution in [1.29, 1.82) is 0 Å². The van der Waals surface area contributed by atoms with Crippen LogP contribution < -0.4 is 20.3 Å². The number of nitrogens with zero attached hydrogens (tertiary/aromatic N) is 4. The molecular formula is C21H25F3N6O3. The maximum Gasteiger partial charge on any atom is 0.451 e. The number of fused-ring (bicyclic) bond motifs is 1. The summed E-state index contributed by atoms with van der Waals surface area (Å²) in [6.07, 6.45) is -1.67. The Morgan fingerprint density at radius 1 is 1.27 bits per heavy atom. The Morgan fingerprint density at radius 3 is 2.55 bits per heavy atom. The number of hydrogen-bond acceptors (Lipinski definition) is 8. The predicted molar refractivity (Wildman–Crippen MR) is 114 cm³/mol. The molecule has 33 heavy (non-hydrogen) atoms. The summed E-state index contributed by atoms with van der Waals surface area (Å²) in [6.45, 7) is 3.67. The van der Waals surface area contributed by atoms with Crippen LogP contribution >= 0.6 is 0 Å². The topological polar surface area (TPSA) is 102 Å². The summed E-state index contributed by atoms with van der Waals surface area (Å²) in [5.74, 6) is -0.472. The summed E-state index contributed by atoms with van der Waals surface area (Å²) in [5.41, 5.74) is 2.20. The van der Waals surface area contributed by atoms with E-state index in [1.807, 2.05) is 31.9 Å². The Bertz CT molecular complexity index is 1030. The third-order valence-corrected chi connectivity index (χ3v) is 5.94. The van der Waals surface area contributed by atoms with Crippen LogP contribution in [0, 0.1) is 6.92 Å². The van der Waals surface area contributed by atoms with E-state index in [2.05, 4.69) is 25.6 Å². The lowest BCUT2D eigenvalue weighted by molar-refractivity contribution is -0.145. The van der Waals surface area contributed by atoms with Gasteiger partial charge >= 0.3 is 6.18 Å². The summed E-state index contributed by atoms with van der Waals surface area (Å²) < 4.78 is 48.7. The fourth-order valence-corrected chi connectivity index (χ4v) is 4.05. The molecule has 4 rings (SSSR count). The summed E-state index contributed by atoms with van der Waals surface area (Å²) in [6, 6.07) is 1.51. The van der Waals surface area contributed by atoms with E-state index in [0.717, 1.165) is 18.1 Å². The van der Waals surface area contributed by atoms with Crippen LogP contribution in [0.5, 0.6) is 5.75 Å². The Labute approximate surface area is 188 Å². The number of aryl methyl sites for hydroxylation is 1. The number of likely N-dealkylation sites (N-methyl/N-ethyl adjacent to an activating group) is 1. The largest absolute Gasteiger partial charge is 0.487 e. The third-order valence-electron chi connectivity index (χ3n) is 5.94. The molecule has 2 aromatic heterocycles. The average molecular weight is 466 g/mol. The van der Waals surface area contributed by atoms with E-state index >= 15 is 0 Å². The van der Waals surface area contributed by atoms with Crippen molar-refractivity contribution in [1.82, 2.24) is 15.0 Å². The number of amides is 1. The number of ether oxygens (including phenoxy) is 2. The zero-order valence-electron chi connectivity index (χ0n) is 18.6. The number of anilines is 3. The molecule has 3 heterocycles. The molecule has 12 heteroatoms. The highest BCUT2D eigenvalue weighted by Gasteiger charge is 2.37. The van der Waals surface area contributed by atoms with Gasteiger partial charge in [-0.2, -0.15) is 13.2 Å². The highest BCUT2D eigenvalue weighted by atomic mass is 19.4. The molecule has 1 fully saturated rings. The molecule has 2 aromatic rings. The highest BCUT2D eigenvalue weighted by Crippen LogP contribution is 2.37. The van der Waals surface area contributed by atoms with E-state index in [0.29, 0.717) is 30.0 Å². The monoisotopic (exact) mass is 466 g/mol. The van der Waals surface area contributed by atoms with Gasteiger partial charge in [0.05, 0.1) is 35.6 Å². The van der Waals surface area contributed by atoms with Crippen LogP contribution in [-0.2, 0) is 15.7 Å². The zero-order valence-corrected chi connectivity index (χ0v) is 18.6. The molecule has 0 bridgehead atoms. The zero-order chi connectivity index (χ0) is 23.9. The summed E-state index contributed by atoms with van der Waals surface area (Å²) in [5, 5.41) is 6.29. The van der Waals surface area contributed by atoms with E-state index in [4.69, 9.17) is 9.47 Å². The Morgan fingerprint density at radius 2 is 1.94 bits per heavy atom. The van der Waals surface area contributed by atoms with Gasteiger partial charge in [0.1, 0.15) is 18.0 Å². The second kappa shape index (κ2) is 8.65. The molecule has 1 aliphatic heterocycles. The van der Waals surface area contributed by atoms with Gasteiger partial charge in [0.2, 0.25) is 11.7 Å². The highest BCUT2D eigenvalue weighted by molar-refractivity contribution is 6.04. The van der Waals surface area contributed by atoms with E-state index in [1.165, 1.54) is 0 Å². The SMILES string of the molecule is CO[C@H](C)[C@H]1C(=O)Nc2c(cc(N[C@H]3C[C@H](Oc4cnc(C(F)(F)F)nc4)C3)nc2C)N1C. The van der Waals surface area contributed by atoms with Crippen molar-refractivity contribution in [3.63, 3.8) is 0 Å². The number of methoxy groups -OCH3 is 1. The molecule has 1 saturated carbocycles. The summed E-state index contributed by atoms with van der Waals surface area (Å²) in [7, 11) is 3.41. The van der Waals surface area contributed by atoms with Crippen LogP contribution in [0.4, 0.5) is 30.4 Å². The summed E-state index contributed by atoms with van der Waals surface area (Å²) in [4.78, 5) is 25.6. The molecule has 0 radical (unpaired) electrons. The van der Waals surface area contributed by atoms with Gasteiger partial charge in [0.15, 0.2) is 5.75 Å². The number of carbonyl (C=O) groups excluding carboxylic acids is 1. The van der Waals surface area contributed by atoms with Gasteiger partial charge in [-0.15, -0.1) is 0 Å². The molecule has 0 aromatic carbocycles. The van der Waals surface area contributed by atoms with Crippen molar-refractivity contribution in [2.24, 2.45) is 0 Å². The maximum atomic E-state index is 12.6. The van der Waals surface area contributed by atoms with Gasteiger partial charge in [-0.25, -0.2) is 15.0 Å². The van der Waals surface area contributed by atoms with Gasteiger partial charge in [0.25, 0.3) is 0 Å². The molecule has 2 atom stereocenters. The molecule has 2 aliphatic rings. The van der Waals surface area contributed by atoms with Crippen molar-refractivity contribution >= 4 is 23.1 Å². The lowest BCUT2D eigenvalue weighted by Gasteiger charge is -2.39. The van der Waals surface area contributed by atoms with Crippen molar-refractivity contribution in [3.8, 4) is 5.75 Å². The second-order valence-corrected chi connectivity index (χ2v) is 8.27. The molecule has 9 nitrogen and oxygen atoms in total. The van der Waals surface area contributed by atoms with Crippen LogP contribution in [-0.4, -0.2) is 59.3 Å². The first-order valence-corrected chi connectivity index (χ1v) is 10.5. The maximum absolute atomic E-state index is 12.6. The van der Waals surface area contributed by atoms with E-state index in [9.17, 15) is 18.0 Å². The lowest BCUT2D eigenvalue weighted by atomic mass is 9.89. The Hall–Kier alpha value is -3.15. The van der Waals surface area contributed by atoms with Crippen molar-refractivity contribution in [2.45, 2.75) is 57.2 Å². The fourth-order valence-electron chi connectivity index (χ4n) is 4.05. The summed E-state index contributed by atoms with van der Waals surface area (Å²) >= 11 is 0. The first-order valence-electron chi connectivity index (χ1n) is 10.5. The molecule has 1 amide bonds. The number of rotatable bonds is 6. The van der Waals surface area contributed by atoms with Gasteiger partial charge in [-0.1, -0.05) is 0 Å². The van der Waals surface area contributed by atoms with Gasteiger partial charge in [-0.3, -0.25) is 4.79 Å². The van der Waals surface area contributed by atoms with E-state index in [-0.39, 0.29) is 29.9 Å². The van der Waals surface area contributed by atoms with Crippen LogP contribution in [0.3, 0.4) is 0 Å². The number of alkyl halides is 3. The Balaban J connectivity index is 1.38. The molecule has 178 valence electrons. The minimum atomic E-state index is -4.58. The number of carbonyl (C=O) groups is 1. The minimum absolute atomic E-state index is 0.0903. The number of halogens is 3. The number of aromatic nitrogens is 3. The van der Waals surface area contributed by atoms with Crippen LogP contribution in [0.15, 0.2) is 18.5 Å². The lowest BCUT2D eigenvalue weighted by Crippen LogP contribution is -2.52. The molecule has 1 aliphatic carbocycles. The molecule has 0 saturated heterocycles. The van der Waals surface area contributed by atoms with Gasteiger partial charge in [-0.05, 0) is 13.8 Å². The minimum Gasteiger partial charge on any atom is -0.487 e. The number of nitrogens with one attached hydrogen (secondary N) is 2. The van der Waals surface area contributed by atoms with Crippen molar-refractivity contribution in [2.75, 3.05) is 29.7 Å². The average Bonchev–Trinajstić information content (AvgIpc) is 2.72. The molecule has 0 unspecified atom stereocenters.